The van der Waals surface area contributed by atoms with Gasteiger partial charge in [0.1, 0.15) is 12.3 Å². The van der Waals surface area contributed by atoms with Gasteiger partial charge in [0.05, 0.1) is 11.6 Å². The number of hydrogen-bond donors (Lipinski definition) is 1. The highest BCUT2D eigenvalue weighted by Gasteiger charge is 2.39. The Labute approximate surface area is 200 Å². The van der Waals surface area contributed by atoms with Gasteiger partial charge in [0, 0.05) is 11.1 Å². The summed E-state index contributed by atoms with van der Waals surface area (Å²) in [7, 11) is 1.56. The van der Waals surface area contributed by atoms with Crippen LogP contribution in [0.5, 0.6) is 11.5 Å². The molecule has 2 fully saturated rings. The fraction of sp³-hybridized carbons (Fsp3) is 0.333. The van der Waals surface area contributed by atoms with Crippen molar-refractivity contribution in [3.8, 4) is 11.5 Å². The van der Waals surface area contributed by atoms with E-state index < -0.39 is 0 Å². The predicted molar refractivity (Wildman–Crippen MR) is 127 cm³/mol. The van der Waals surface area contributed by atoms with Crippen LogP contribution >= 0.6 is 27.5 Å². The van der Waals surface area contributed by atoms with E-state index in [1.54, 1.807) is 19.3 Å². The molecule has 1 N–H and O–H groups in total. The van der Waals surface area contributed by atoms with Crippen molar-refractivity contribution in [1.82, 2.24) is 10.2 Å². The van der Waals surface area contributed by atoms with Crippen LogP contribution in [0, 0.1) is 0 Å². The van der Waals surface area contributed by atoms with E-state index in [0.717, 1.165) is 37.7 Å². The topological polar surface area (TPSA) is 67.9 Å². The molecule has 0 radical (unpaired) electrons. The molecule has 168 valence electrons. The van der Waals surface area contributed by atoms with Crippen LogP contribution in [0.3, 0.4) is 0 Å². The lowest BCUT2D eigenvalue weighted by Gasteiger charge is -2.28. The van der Waals surface area contributed by atoms with E-state index in [2.05, 4.69) is 21.2 Å². The number of ether oxygens (including phenoxy) is 2. The number of carbonyl (C=O) groups excluding carboxylic acids is 2. The highest BCUT2D eigenvalue weighted by atomic mass is 79.9. The van der Waals surface area contributed by atoms with Crippen LogP contribution in [0.1, 0.15) is 43.2 Å². The van der Waals surface area contributed by atoms with Crippen LogP contribution in [0.15, 0.2) is 46.6 Å². The molecule has 0 spiro atoms. The molecule has 6 nitrogen and oxygen atoms in total. The number of amides is 3. The van der Waals surface area contributed by atoms with E-state index in [1.165, 1.54) is 4.90 Å². The number of urea groups is 1. The second-order valence-corrected chi connectivity index (χ2v) is 9.20. The maximum Gasteiger partial charge on any atom is 0.329 e. The quantitative estimate of drug-likeness (QED) is 0.380. The van der Waals surface area contributed by atoms with Gasteiger partial charge >= 0.3 is 6.03 Å². The van der Waals surface area contributed by atoms with Crippen molar-refractivity contribution in [2.75, 3.05) is 7.11 Å². The van der Waals surface area contributed by atoms with Gasteiger partial charge in [-0.15, -0.1) is 0 Å². The molecule has 1 aliphatic heterocycles. The number of nitrogens with zero attached hydrogens (tertiary/aromatic N) is 1. The Morgan fingerprint density at radius 1 is 1.16 bits per heavy atom. The Morgan fingerprint density at radius 3 is 2.56 bits per heavy atom. The van der Waals surface area contributed by atoms with Gasteiger partial charge in [-0.1, -0.05) is 43.0 Å². The van der Waals surface area contributed by atoms with E-state index in [1.807, 2.05) is 30.3 Å². The summed E-state index contributed by atoms with van der Waals surface area (Å²) in [4.78, 5) is 26.7. The molecular formula is C24H24BrClN2O4. The molecular weight excluding hydrogens is 496 g/mol. The summed E-state index contributed by atoms with van der Waals surface area (Å²) in [5.74, 6) is 0.788. The summed E-state index contributed by atoms with van der Waals surface area (Å²) >= 11 is 9.47. The van der Waals surface area contributed by atoms with Crippen molar-refractivity contribution in [3.05, 3.63) is 62.7 Å². The third kappa shape index (κ3) is 4.94. The summed E-state index contributed by atoms with van der Waals surface area (Å²) in [5, 5.41) is 3.39. The van der Waals surface area contributed by atoms with E-state index in [9.17, 15) is 9.59 Å². The van der Waals surface area contributed by atoms with Crippen LogP contribution in [-0.2, 0) is 11.4 Å². The first kappa shape index (κ1) is 22.7. The minimum Gasteiger partial charge on any atom is -0.493 e. The van der Waals surface area contributed by atoms with Crippen molar-refractivity contribution >= 4 is 45.5 Å². The molecule has 0 aromatic heterocycles. The zero-order valence-corrected chi connectivity index (χ0v) is 20.0. The number of halogens is 2. The third-order valence-electron chi connectivity index (χ3n) is 5.71. The normalized spacial score (nSPS) is 18.2. The number of carbonyl (C=O) groups is 2. The first-order valence-corrected chi connectivity index (χ1v) is 11.7. The lowest BCUT2D eigenvalue weighted by atomic mass is 9.94. The SMILES string of the molecule is COc1cc(/C=C2\NC(=O)N(C3CCCCC3)C2=O)cc(Br)c1OCc1ccc(Cl)cc1. The maximum absolute atomic E-state index is 12.9. The van der Waals surface area contributed by atoms with Crippen LogP contribution in [0.4, 0.5) is 4.79 Å². The van der Waals surface area contributed by atoms with Crippen LogP contribution in [0.25, 0.3) is 6.08 Å². The molecule has 4 rings (SSSR count). The lowest BCUT2D eigenvalue weighted by molar-refractivity contribution is -0.124. The molecule has 1 aliphatic carbocycles. The average Bonchev–Trinajstić information content (AvgIpc) is 3.07. The van der Waals surface area contributed by atoms with Gasteiger partial charge in [0.15, 0.2) is 11.5 Å². The third-order valence-corrected chi connectivity index (χ3v) is 6.55. The van der Waals surface area contributed by atoms with Crippen molar-refractivity contribution in [2.24, 2.45) is 0 Å². The Kier molecular flexibility index (Phi) is 7.06. The van der Waals surface area contributed by atoms with Gasteiger partial charge in [-0.2, -0.15) is 0 Å². The predicted octanol–water partition coefficient (Wildman–Crippen LogP) is 5.92. The Hall–Kier alpha value is -2.51. The summed E-state index contributed by atoms with van der Waals surface area (Å²) in [6, 6.07) is 10.7. The largest absolute Gasteiger partial charge is 0.493 e. The second-order valence-electron chi connectivity index (χ2n) is 7.90. The van der Waals surface area contributed by atoms with Gasteiger partial charge in [-0.3, -0.25) is 9.69 Å². The molecule has 0 atom stereocenters. The van der Waals surface area contributed by atoms with Gasteiger partial charge in [0.2, 0.25) is 0 Å². The van der Waals surface area contributed by atoms with Crippen LogP contribution in [-0.4, -0.2) is 30.0 Å². The van der Waals surface area contributed by atoms with Crippen LogP contribution in [0.2, 0.25) is 5.02 Å². The lowest BCUT2D eigenvalue weighted by Crippen LogP contribution is -2.41. The molecule has 8 heteroatoms. The highest BCUT2D eigenvalue weighted by Crippen LogP contribution is 2.38. The van der Waals surface area contributed by atoms with Gasteiger partial charge in [-0.25, -0.2) is 4.79 Å². The standard InChI is InChI=1S/C24H24BrClN2O4/c1-31-21-13-16(11-19(25)22(21)32-14-15-7-9-17(26)10-8-15)12-20-23(29)28(24(30)27-20)18-5-3-2-4-6-18/h7-13,18H,2-6,14H2,1H3,(H,27,30)/b20-12-. The van der Waals surface area contributed by atoms with Crippen molar-refractivity contribution < 1.29 is 19.1 Å². The molecule has 2 aliphatic rings. The zero-order valence-electron chi connectivity index (χ0n) is 17.7. The second kappa shape index (κ2) is 9.96. The number of imide groups is 1. The van der Waals surface area contributed by atoms with Gasteiger partial charge < -0.3 is 14.8 Å². The molecule has 0 unspecified atom stereocenters. The summed E-state index contributed by atoms with van der Waals surface area (Å²) in [6.45, 7) is 0.345. The number of benzene rings is 2. The Bertz CT molecular complexity index is 1050. The van der Waals surface area contributed by atoms with Gasteiger partial charge in [0.25, 0.3) is 5.91 Å². The monoisotopic (exact) mass is 518 g/mol. The number of nitrogens with one attached hydrogen (secondary N) is 1. The first-order chi connectivity index (χ1) is 15.5. The van der Waals surface area contributed by atoms with E-state index in [0.29, 0.717) is 33.2 Å². The van der Waals surface area contributed by atoms with Gasteiger partial charge in [-0.05, 0) is 70.2 Å². The molecule has 3 amide bonds. The highest BCUT2D eigenvalue weighted by molar-refractivity contribution is 9.10. The van der Waals surface area contributed by atoms with Crippen molar-refractivity contribution in [2.45, 2.75) is 44.8 Å². The van der Waals surface area contributed by atoms with Crippen molar-refractivity contribution in [3.63, 3.8) is 0 Å². The summed E-state index contributed by atoms with van der Waals surface area (Å²) < 4.78 is 12.2. The summed E-state index contributed by atoms with van der Waals surface area (Å²) in [6.07, 6.45) is 6.64. The molecule has 2 aromatic rings. The molecule has 1 saturated heterocycles. The Balaban J connectivity index is 1.53. The summed E-state index contributed by atoms with van der Waals surface area (Å²) in [5.41, 5.74) is 1.95. The number of hydrogen-bond acceptors (Lipinski definition) is 4. The fourth-order valence-electron chi connectivity index (χ4n) is 4.09. The molecule has 0 bridgehead atoms. The fourth-order valence-corrected chi connectivity index (χ4v) is 4.79. The number of methoxy groups -OCH3 is 1. The first-order valence-electron chi connectivity index (χ1n) is 10.6. The van der Waals surface area contributed by atoms with Crippen LogP contribution < -0.4 is 14.8 Å². The minimum atomic E-state index is -0.345. The minimum absolute atomic E-state index is 0.0212. The molecule has 1 saturated carbocycles. The Morgan fingerprint density at radius 2 is 1.88 bits per heavy atom. The van der Waals surface area contributed by atoms with Crippen molar-refractivity contribution in [1.29, 1.82) is 0 Å². The van der Waals surface area contributed by atoms with E-state index in [-0.39, 0.29) is 23.7 Å². The van der Waals surface area contributed by atoms with E-state index >= 15 is 0 Å². The smallest absolute Gasteiger partial charge is 0.329 e. The zero-order chi connectivity index (χ0) is 22.7. The maximum atomic E-state index is 12.9. The molecule has 32 heavy (non-hydrogen) atoms. The van der Waals surface area contributed by atoms with E-state index in [4.69, 9.17) is 21.1 Å². The number of rotatable bonds is 6. The molecule has 1 heterocycles. The molecule has 2 aromatic carbocycles. The average molecular weight is 520 g/mol.